The molecule has 3 aromatic rings. The lowest BCUT2D eigenvalue weighted by Crippen LogP contribution is -2.22. The Labute approximate surface area is 232 Å². The zero-order valence-corrected chi connectivity index (χ0v) is 23.5. The molecular formula is C29H34N2O9. The predicted molar refractivity (Wildman–Crippen MR) is 149 cm³/mol. The van der Waals surface area contributed by atoms with E-state index in [0.717, 1.165) is 0 Å². The number of rotatable bonds is 11. The molecule has 2 aromatic carbocycles. The number of amides is 2. The van der Waals surface area contributed by atoms with E-state index in [1.807, 2.05) is 0 Å². The Morgan fingerprint density at radius 2 is 1.57 bits per heavy atom. The van der Waals surface area contributed by atoms with Gasteiger partial charge in [-0.15, -0.1) is 0 Å². The van der Waals surface area contributed by atoms with Crippen LogP contribution in [0.5, 0.6) is 28.7 Å². The van der Waals surface area contributed by atoms with Gasteiger partial charge in [0.15, 0.2) is 11.5 Å². The van der Waals surface area contributed by atoms with Crippen molar-refractivity contribution in [2.75, 3.05) is 39.1 Å². The van der Waals surface area contributed by atoms with E-state index in [9.17, 15) is 19.5 Å². The SMILES string of the molecule is COc1cc(NC(=O)C[C@H](c2ccc(OC)c(OC)c2OC)c2c(O)cc(C)oc2=O)ccc1NC(=O)C(C)C. The molecule has 1 heterocycles. The number of carbonyl (C=O) groups is 2. The first-order chi connectivity index (χ1) is 19.0. The second kappa shape index (κ2) is 12.9. The minimum Gasteiger partial charge on any atom is -0.507 e. The van der Waals surface area contributed by atoms with Crippen LogP contribution in [0, 0.1) is 12.8 Å². The molecule has 0 aliphatic heterocycles. The van der Waals surface area contributed by atoms with Gasteiger partial charge in [0.05, 0.1) is 39.7 Å². The van der Waals surface area contributed by atoms with E-state index in [4.69, 9.17) is 23.4 Å². The van der Waals surface area contributed by atoms with Crippen molar-refractivity contribution in [2.45, 2.75) is 33.1 Å². The highest BCUT2D eigenvalue weighted by molar-refractivity contribution is 5.95. The summed E-state index contributed by atoms with van der Waals surface area (Å²) in [5.41, 5.74) is 0.331. The van der Waals surface area contributed by atoms with Gasteiger partial charge >= 0.3 is 5.63 Å². The van der Waals surface area contributed by atoms with Crippen LogP contribution in [-0.4, -0.2) is 45.4 Å². The zero-order chi connectivity index (χ0) is 29.6. The molecule has 2 amide bonds. The summed E-state index contributed by atoms with van der Waals surface area (Å²) in [5.74, 6) is -0.784. The molecule has 0 fully saturated rings. The lowest BCUT2D eigenvalue weighted by atomic mass is 9.87. The van der Waals surface area contributed by atoms with Crippen LogP contribution in [0.1, 0.15) is 43.1 Å². The minimum absolute atomic E-state index is 0.115. The van der Waals surface area contributed by atoms with Gasteiger partial charge in [-0.25, -0.2) is 4.79 Å². The molecule has 3 rings (SSSR count). The van der Waals surface area contributed by atoms with Crippen LogP contribution >= 0.6 is 0 Å². The Bertz CT molecular complexity index is 1450. The van der Waals surface area contributed by atoms with Gasteiger partial charge in [0.25, 0.3) is 0 Å². The van der Waals surface area contributed by atoms with E-state index < -0.39 is 17.5 Å². The Balaban J connectivity index is 2.03. The number of aromatic hydroxyl groups is 1. The number of hydrogen-bond acceptors (Lipinski definition) is 9. The van der Waals surface area contributed by atoms with Crippen molar-refractivity contribution in [2.24, 2.45) is 5.92 Å². The van der Waals surface area contributed by atoms with Gasteiger partial charge in [-0.2, -0.15) is 0 Å². The molecule has 0 radical (unpaired) electrons. The van der Waals surface area contributed by atoms with Gasteiger partial charge in [0, 0.05) is 41.6 Å². The van der Waals surface area contributed by atoms with Crippen molar-refractivity contribution < 1.29 is 38.1 Å². The summed E-state index contributed by atoms with van der Waals surface area (Å²) in [7, 11) is 5.77. The molecule has 0 bridgehead atoms. The van der Waals surface area contributed by atoms with Crippen LogP contribution in [0.3, 0.4) is 0 Å². The average Bonchev–Trinajstić information content (AvgIpc) is 2.91. The van der Waals surface area contributed by atoms with Gasteiger partial charge in [0.1, 0.15) is 17.3 Å². The fourth-order valence-corrected chi connectivity index (χ4v) is 4.24. The van der Waals surface area contributed by atoms with Crippen LogP contribution in [0.2, 0.25) is 0 Å². The van der Waals surface area contributed by atoms with Crippen molar-refractivity contribution in [1.82, 2.24) is 0 Å². The van der Waals surface area contributed by atoms with Gasteiger partial charge in [0.2, 0.25) is 17.6 Å². The minimum atomic E-state index is -0.988. The maximum absolute atomic E-state index is 13.4. The second-order valence-electron chi connectivity index (χ2n) is 9.23. The van der Waals surface area contributed by atoms with E-state index in [2.05, 4.69) is 10.6 Å². The summed E-state index contributed by atoms with van der Waals surface area (Å²) in [6.07, 6.45) is -0.276. The highest BCUT2D eigenvalue weighted by Gasteiger charge is 2.31. The van der Waals surface area contributed by atoms with Crippen LogP contribution in [0.25, 0.3) is 0 Å². The van der Waals surface area contributed by atoms with Crippen molar-refractivity contribution in [1.29, 1.82) is 0 Å². The molecule has 1 aromatic heterocycles. The molecule has 1 atom stereocenters. The molecule has 0 spiro atoms. The summed E-state index contributed by atoms with van der Waals surface area (Å²) in [5, 5.41) is 16.3. The number of ether oxygens (including phenoxy) is 4. The predicted octanol–water partition coefficient (Wildman–Crippen LogP) is 4.44. The monoisotopic (exact) mass is 554 g/mol. The molecule has 0 aliphatic rings. The van der Waals surface area contributed by atoms with Crippen molar-refractivity contribution >= 4 is 23.2 Å². The number of carbonyl (C=O) groups excluding carboxylic acids is 2. The molecule has 0 aliphatic carbocycles. The largest absolute Gasteiger partial charge is 0.507 e. The second-order valence-corrected chi connectivity index (χ2v) is 9.23. The standard InChI is InChI=1S/C29H34N2O9/c1-15(2)28(34)31-20-10-8-17(13-23(20)37-5)30-24(33)14-19(25-21(32)12-16(3)40-29(25)35)18-9-11-22(36-4)27(39-7)26(18)38-6/h8-13,15,19,32H,14H2,1-7H3,(H,30,33)(H,31,34)/t19-/m1/s1. The van der Waals surface area contributed by atoms with Crippen molar-refractivity contribution in [3.05, 3.63) is 63.7 Å². The smallest absolute Gasteiger partial charge is 0.343 e. The number of hydrogen-bond donors (Lipinski definition) is 3. The summed E-state index contributed by atoms with van der Waals surface area (Å²) in [6.45, 7) is 5.07. The molecule has 0 saturated carbocycles. The van der Waals surface area contributed by atoms with Crippen molar-refractivity contribution in [3.8, 4) is 28.7 Å². The van der Waals surface area contributed by atoms with E-state index in [-0.39, 0.29) is 46.8 Å². The Morgan fingerprint density at radius 3 is 2.15 bits per heavy atom. The first kappa shape index (κ1) is 29.9. The van der Waals surface area contributed by atoms with Gasteiger partial charge in [-0.3, -0.25) is 9.59 Å². The van der Waals surface area contributed by atoms with E-state index in [1.165, 1.54) is 41.4 Å². The van der Waals surface area contributed by atoms with Crippen LogP contribution in [-0.2, 0) is 9.59 Å². The Kier molecular flexibility index (Phi) is 9.65. The van der Waals surface area contributed by atoms with E-state index in [0.29, 0.717) is 28.4 Å². The highest BCUT2D eigenvalue weighted by atomic mass is 16.5. The average molecular weight is 555 g/mol. The Hall–Kier alpha value is -4.67. The molecule has 0 unspecified atom stereocenters. The maximum Gasteiger partial charge on any atom is 0.343 e. The van der Waals surface area contributed by atoms with Gasteiger partial charge < -0.3 is 39.1 Å². The molecular weight excluding hydrogens is 520 g/mol. The van der Waals surface area contributed by atoms with Crippen LogP contribution in [0.4, 0.5) is 11.4 Å². The van der Waals surface area contributed by atoms with Crippen LogP contribution in [0.15, 0.2) is 45.6 Å². The number of aryl methyl sites for hydroxylation is 1. The first-order valence-electron chi connectivity index (χ1n) is 12.5. The number of anilines is 2. The van der Waals surface area contributed by atoms with Crippen LogP contribution < -0.4 is 35.2 Å². The summed E-state index contributed by atoms with van der Waals surface area (Å²) >= 11 is 0. The first-order valence-corrected chi connectivity index (χ1v) is 12.5. The maximum atomic E-state index is 13.4. The van der Waals surface area contributed by atoms with E-state index >= 15 is 0 Å². The summed E-state index contributed by atoms with van der Waals surface area (Å²) in [4.78, 5) is 38.4. The topological polar surface area (TPSA) is 146 Å². The third-order valence-corrected chi connectivity index (χ3v) is 6.21. The molecule has 40 heavy (non-hydrogen) atoms. The number of benzene rings is 2. The lowest BCUT2D eigenvalue weighted by Gasteiger charge is -2.22. The summed E-state index contributed by atoms with van der Waals surface area (Å²) < 4.78 is 27.1. The lowest BCUT2D eigenvalue weighted by molar-refractivity contribution is -0.119. The normalized spacial score (nSPS) is 11.5. The fraction of sp³-hybridized carbons (Fsp3) is 0.345. The number of methoxy groups -OCH3 is 4. The summed E-state index contributed by atoms with van der Waals surface area (Å²) in [6, 6.07) is 9.35. The molecule has 3 N–H and O–H groups in total. The van der Waals surface area contributed by atoms with Gasteiger partial charge in [-0.05, 0) is 25.1 Å². The quantitative estimate of drug-likeness (QED) is 0.313. The third-order valence-electron chi connectivity index (χ3n) is 6.21. The molecule has 11 heteroatoms. The molecule has 11 nitrogen and oxygen atoms in total. The van der Waals surface area contributed by atoms with Crippen molar-refractivity contribution in [3.63, 3.8) is 0 Å². The third kappa shape index (κ3) is 6.48. The molecule has 214 valence electrons. The number of nitrogens with one attached hydrogen (secondary N) is 2. The fourth-order valence-electron chi connectivity index (χ4n) is 4.24. The Morgan fingerprint density at radius 1 is 0.900 bits per heavy atom. The van der Waals surface area contributed by atoms with E-state index in [1.54, 1.807) is 44.2 Å². The highest BCUT2D eigenvalue weighted by Crippen LogP contribution is 2.46. The van der Waals surface area contributed by atoms with Gasteiger partial charge in [-0.1, -0.05) is 19.9 Å². The molecule has 0 saturated heterocycles. The zero-order valence-electron chi connectivity index (χ0n) is 23.5.